The van der Waals surface area contributed by atoms with E-state index < -0.39 is 4.92 Å². The fourth-order valence-corrected chi connectivity index (χ4v) is 1.47. The summed E-state index contributed by atoms with van der Waals surface area (Å²) in [5, 5.41) is 27.1. The van der Waals surface area contributed by atoms with Gasteiger partial charge < -0.3 is 9.84 Å². The zero-order valence-electron chi connectivity index (χ0n) is 10.1. The highest BCUT2D eigenvalue weighted by Gasteiger charge is 2.12. The van der Waals surface area contributed by atoms with Crippen molar-refractivity contribution in [3.8, 4) is 5.75 Å². The Morgan fingerprint density at radius 1 is 1.47 bits per heavy atom. The number of nitro groups is 1. The molecule has 1 heterocycles. The van der Waals surface area contributed by atoms with Crippen molar-refractivity contribution in [3.63, 3.8) is 0 Å². The molecule has 1 N–H and O–H groups in total. The third-order valence-corrected chi connectivity index (χ3v) is 2.54. The maximum absolute atomic E-state index is 10.6. The highest BCUT2D eigenvalue weighted by Crippen LogP contribution is 2.25. The van der Waals surface area contributed by atoms with Crippen molar-refractivity contribution in [2.45, 2.75) is 20.1 Å². The number of rotatable bonds is 5. The number of ether oxygens (including phenoxy) is 1. The molecule has 0 aliphatic carbocycles. The maximum atomic E-state index is 10.6. The number of nitro benzene ring substituents is 1. The summed E-state index contributed by atoms with van der Waals surface area (Å²) < 4.78 is 9.97. The molecule has 2 aromatic rings. The highest BCUT2D eigenvalue weighted by molar-refractivity contribution is 5.43. The quantitative estimate of drug-likeness (QED) is 0.641. The van der Waals surface area contributed by atoms with Crippen LogP contribution in [0.3, 0.4) is 0 Å². The topological polar surface area (TPSA) is 112 Å². The molecule has 0 amide bonds. The first-order chi connectivity index (χ1) is 9.11. The summed E-state index contributed by atoms with van der Waals surface area (Å²) >= 11 is 0. The van der Waals surface area contributed by atoms with Crippen LogP contribution in [0.15, 0.2) is 22.8 Å². The molecule has 0 fully saturated rings. The normalized spacial score (nSPS) is 10.4. The number of aliphatic hydroxyl groups excluding tert-OH is 1. The summed E-state index contributed by atoms with van der Waals surface area (Å²) in [6.07, 6.45) is 0. The lowest BCUT2D eigenvalue weighted by Gasteiger charge is -2.08. The summed E-state index contributed by atoms with van der Waals surface area (Å²) in [5.41, 5.74) is 1.37. The minimum Gasteiger partial charge on any atom is -0.487 e. The molecule has 0 unspecified atom stereocenters. The Hall–Kier alpha value is -2.48. The van der Waals surface area contributed by atoms with Crippen molar-refractivity contribution in [1.82, 2.24) is 10.3 Å². The van der Waals surface area contributed by atoms with E-state index in [0.29, 0.717) is 22.7 Å². The third-order valence-electron chi connectivity index (χ3n) is 2.54. The zero-order chi connectivity index (χ0) is 13.8. The average molecular weight is 265 g/mol. The van der Waals surface area contributed by atoms with Gasteiger partial charge in [0.1, 0.15) is 23.7 Å². The van der Waals surface area contributed by atoms with E-state index >= 15 is 0 Å². The number of benzene rings is 1. The lowest BCUT2D eigenvalue weighted by atomic mass is 10.2. The van der Waals surface area contributed by atoms with E-state index in [0.717, 1.165) is 0 Å². The summed E-state index contributed by atoms with van der Waals surface area (Å²) in [5.74, 6) is 0.357. The van der Waals surface area contributed by atoms with Crippen LogP contribution in [0.1, 0.15) is 17.0 Å². The van der Waals surface area contributed by atoms with Crippen LogP contribution in [0, 0.1) is 17.0 Å². The van der Waals surface area contributed by atoms with Crippen molar-refractivity contribution in [2.24, 2.45) is 0 Å². The summed E-state index contributed by atoms with van der Waals surface area (Å²) in [6.45, 7) is 1.48. The molecule has 0 radical (unpaired) electrons. The van der Waals surface area contributed by atoms with Crippen LogP contribution in [0.4, 0.5) is 5.69 Å². The molecule has 8 nitrogen and oxygen atoms in total. The molecule has 1 aromatic heterocycles. The number of non-ortho nitro benzene ring substituents is 1. The van der Waals surface area contributed by atoms with Gasteiger partial charge in [-0.15, -0.1) is 0 Å². The summed E-state index contributed by atoms with van der Waals surface area (Å²) in [4.78, 5) is 10.1. The highest BCUT2D eigenvalue weighted by atomic mass is 16.6. The fraction of sp³-hybridized carbons (Fsp3) is 0.273. The SMILES string of the molecule is Cc1nonc1COc1ccc([N+](=O)[O-])cc1CO. The van der Waals surface area contributed by atoms with Crippen molar-refractivity contribution >= 4 is 5.69 Å². The minimum absolute atomic E-state index is 0.101. The number of aliphatic hydroxyl groups is 1. The summed E-state index contributed by atoms with van der Waals surface area (Å²) in [7, 11) is 0. The van der Waals surface area contributed by atoms with Crippen LogP contribution >= 0.6 is 0 Å². The molecule has 100 valence electrons. The van der Waals surface area contributed by atoms with Gasteiger partial charge in [0, 0.05) is 17.7 Å². The monoisotopic (exact) mass is 265 g/mol. The molecular weight excluding hydrogens is 254 g/mol. The lowest BCUT2D eigenvalue weighted by molar-refractivity contribution is -0.385. The molecule has 19 heavy (non-hydrogen) atoms. The van der Waals surface area contributed by atoms with Gasteiger partial charge in [0.05, 0.1) is 11.5 Å². The van der Waals surface area contributed by atoms with Crippen molar-refractivity contribution in [3.05, 3.63) is 45.3 Å². The number of hydrogen-bond donors (Lipinski definition) is 1. The van der Waals surface area contributed by atoms with E-state index in [1.807, 2.05) is 0 Å². The number of hydrogen-bond acceptors (Lipinski definition) is 7. The van der Waals surface area contributed by atoms with Gasteiger partial charge in [-0.05, 0) is 13.0 Å². The van der Waals surface area contributed by atoms with Gasteiger partial charge in [-0.1, -0.05) is 10.3 Å². The summed E-state index contributed by atoms with van der Waals surface area (Å²) in [6, 6.07) is 4.01. The Kier molecular flexibility index (Phi) is 3.71. The van der Waals surface area contributed by atoms with Crippen molar-refractivity contribution < 1.29 is 19.4 Å². The van der Waals surface area contributed by atoms with Crippen LogP contribution in [-0.2, 0) is 13.2 Å². The Morgan fingerprint density at radius 2 is 2.26 bits per heavy atom. The molecule has 0 saturated carbocycles. The van der Waals surface area contributed by atoms with Crippen molar-refractivity contribution in [1.29, 1.82) is 0 Å². The van der Waals surface area contributed by atoms with Gasteiger partial charge in [-0.2, -0.15) is 0 Å². The average Bonchev–Trinajstić information content (AvgIpc) is 2.81. The second-order valence-electron chi connectivity index (χ2n) is 3.79. The first kappa shape index (κ1) is 13.0. The number of nitrogens with zero attached hydrogens (tertiary/aromatic N) is 3. The van der Waals surface area contributed by atoms with E-state index in [1.54, 1.807) is 6.92 Å². The molecular formula is C11H11N3O5. The Bertz CT molecular complexity index is 596. The van der Waals surface area contributed by atoms with Gasteiger partial charge in [0.2, 0.25) is 0 Å². The van der Waals surface area contributed by atoms with Gasteiger partial charge in [-0.3, -0.25) is 10.1 Å². The van der Waals surface area contributed by atoms with Crippen LogP contribution in [0.5, 0.6) is 5.75 Å². The Labute approximate surface area is 107 Å². The van der Waals surface area contributed by atoms with Crippen LogP contribution in [0.25, 0.3) is 0 Å². The molecule has 0 atom stereocenters. The predicted molar refractivity (Wildman–Crippen MR) is 62.4 cm³/mol. The van der Waals surface area contributed by atoms with Gasteiger partial charge >= 0.3 is 0 Å². The second kappa shape index (κ2) is 5.44. The van der Waals surface area contributed by atoms with Gasteiger partial charge in [-0.25, -0.2) is 4.63 Å². The van der Waals surface area contributed by atoms with Gasteiger partial charge in [0.15, 0.2) is 0 Å². The van der Waals surface area contributed by atoms with E-state index in [1.165, 1.54) is 18.2 Å². The lowest BCUT2D eigenvalue weighted by Crippen LogP contribution is -2.01. The zero-order valence-corrected chi connectivity index (χ0v) is 10.1. The maximum Gasteiger partial charge on any atom is 0.270 e. The molecule has 0 spiro atoms. The molecule has 8 heteroatoms. The van der Waals surface area contributed by atoms with E-state index in [-0.39, 0.29) is 18.9 Å². The standard InChI is InChI=1S/C11H11N3O5/c1-7-10(13-19-12-7)6-18-11-3-2-9(14(16)17)4-8(11)5-15/h2-4,15H,5-6H2,1H3. The third kappa shape index (κ3) is 2.86. The van der Waals surface area contributed by atoms with E-state index in [2.05, 4.69) is 14.9 Å². The first-order valence-electron chi connectivity index (χ1n) is 5.41. The van der Waals surface area contributed by atoms with E-state index in [4.69, 9.17) is 4.74 Å². The van der Waals surface area contributed by atoms with Crippen LogP contribution < -0.4 is 4.74 Å². The molecule has 1 aromatic carbocycles. The van der Waals surface area contributed by atoms with Crippen molar-refractivity contribution in [2.75, 3.05) is 0 Å². The fourth-order valence-electron chi connectivity index (χ4n) is 1.47. The molecule has 0 aliphatic heterocycles. The first-order valence-corrected chi connectivity index (χ1v) is 5.41. The molecule has 2 rings (SSSR count). The molecule has 0 saturated heterocycles. The number of aryl methyl sites for hydroxylation is 1. The Morgan fingerprint density at radius 3 is 2.84 bits per heavy atom. The predicted octanol–water partition coefficient (Wildman–Crippen LogP) is 1.36. The molecule has 0 aliphatic rings. The van der Waals surface area contributed by atoms with E-state index in [9.17, 15) is 15.2 Å². The van der Waals surface area contributed by atoms with Crippen LogP contribution in [0.2, 0.25) is 0 Å². The minimum atomic E-state index is -0.533. The second-order valence-corrected chi connectivity index (χ2v) is 3.79. The molecule has 0 bridgehead atoms. The number of aromatic nitrogens is 2. The van der Waals surface area contributed by atoms with Crippen LogP contribution in [-0.4, -0.2) is 20.3 Å². The Balaban J connectivity index is 2.16. The largest absolute Gasteiger partial charge is 0.487 e. The smallest absolute Gasteiger partial charge is 0.270 e. The van der Waals surface area contributed by atoms with Gasteiger partial charge in [0.25, 0.3) is 5.69 Å².